The Labute approximate surface area is 134 Å². The summed E-state index contributed by atoms with van der Waals surface area (Å²) in [6.45, 7) is 2.68. The fourth-order valence-electron chi connectivity index (χ4n) is 3.09. The van der Waals surface area contributed by atoms with Crippen LogP contribution in [0.2, 0.25) is 0 Å². The molecule has 2 aromatic carbocycles. The second-order valence-corrected chi connectivity index (χ2v) is 5.74. The molecule has 0 unspecified atom stereocenters. The van der Waals surface area contributed by atoms with Gasteiger partial charge in [0.2, 0.25) is 0 Å². The van der Waals surface area contributed by atoms with Crippen LogP contribution >= 0.6 is 0 Å². The second kappa shape index (κ2) is 5.39. The van der Waals surface area contributed by atoms with Crippen molar-refractivity contribution in [3.05, 3.63) is 71.4 Å². The SMILES string of the molecule is Cc1ccccc1C(=O)N1CCc2cc(-c3ccno3)ccc21. The molecule has 0 spiro atoms. The van der Waals surface area contributed by atoms with Crippen LogP contribution in [0.25, 0.3) is 11.3 Å². The first-order valence-corrected chi connectivity index (χ1v) is 7.65. The van der Waals surface area contributed by atoms with Gasteiger partial charge in [-0.2, -0.15) is 0 Å². The summed E-state index contributed by atoms with van der Waals surface area (Å²) in [5.41, 5.74) is 4.91. The maximum absolute atomic E-state index is 12.8. The molecule has 1 aliphatic heterocycles. The normalized spacial score (nSPS) is 13.2. The summed E-state index contributed by atoms with van der Waals surface area (Å²) in [6, 6.07) is 15.6. The van der Waals surface area contributed by atoms with E-state index in [0.29, 0.717) is 6.54 Å². The number of nitrogens with zero attached hydrogens (tertiary/aromatic N) is 2. The minimum Gasteiger partial charge on any atom is -0.356 e. The van der Waals surface area contributed by atoms with Crippen LogP contribution in [0.3, 0.4) is 0 Å². The number of hydrogen-bond acceptors (Lipinski definition) is 3. The summed E-state index contributed by atoms with van der Waals surface area (Å²) >= 11 is 0. The van der Waals surface area contributed by atoms with E-state index in [1.165, 1.54) is 5.56 Å². The van der Waals surface area contributed by atoms with E-state index in [0.717, 1.165) is 34.6 Å². The molecule has 2 heterocycles. The Morgan fingerprint density at radius 1 is 1.17 bits per heavy atom. The molecule has 0 saturated heterocycles. The number of rotatable bonds is 2. The maximum Gasteiger partial charge on any atom is 0.258 e. The topological polar surface area (TPSA) is 46.3 Å². The molecular formula is C19H16N2O2. The number of anilines is 1. The fourth-order valence-corrected chi connectivity index (χ4v) is 3.09. The van der Waals surface area contributed by atoms with Crippen LogP contribution < -0.4 is 4.90 Å². The summed E-state index contributed by atoms with van der Waals surface area (Å²) in [5.74, 6) is 0.811. The monoisotopic (exact) mass is 304 g/mol. The summed E-state index contributed by atoms with van der Waals surface area (Å²) in [6.07, 6.45) is 2.49. The maximum atomic E-state index is 12.8. The molecule has 4 rings (SSSR count). The average Bonchev–Trinajstić information content (AvgIpc) is 3.23. The number of carbonyl (C=O) groups excluding carboxylic acids is 1. The van der Waals surface area contributed by atoms with E-state index in [-0.39, 0.29) is 5.91 Å². The van der Waals surface area contributed by atoms with E-state index >= 15 is 0 Å². The molecule has 0 N–H and O–H groups in total. The zero-order valence-corrected chi connectivity index (χ0v) is 12.8. The molecule has 4 heteroatoms. The molecule has 1 aromatic heterocycles. The lowest BCUT2D eigenvalue weighted by Crippen LogP contribution is -2.29. The molecule has 0 aliphatic carbocycles. The van der Waals surface area contributed by atoms with Crippen molar-refractivity contribution in [3.8, 4) is 11.3 Å². The van der Waals surface area contributed by atoms with Crippen LogP contribution in [0.4, 0.5) is 5.69 Å². The van der Waals surface area contributed by atoms with Crippen molar-refractivity contribution in [2.24, 2.45) is 0 Å². The van der Waals surface area contributed by atoms with Gasteiger partial charge in [-0.25, -0.2) is 0 Å². The molecule has 23 heavy (non-hydrogen) atoms. The molecule has 3 aromatic rings. The van der Waals surface area contributed by atoms with Crippen molar-refractivity contribution in [3.63, 3.8) is 0 Å². The highest BCUT2D eigenvalue weighted by Gasteiger charge is 2.26. The molecule has 0 bridgehead atoms. The van der Waals surface area contributed by atoms with E-state index < -0.39 is 0 Å². The summed E-state index contributed by atoms with van der Waals surface area (Å²) < 4.78 is 5.21. The Bertz CT molecular complexity index is 869. The third-order valence-electron chi connectivity index (χ3n) is 4.32. The molecule has 1 aliphatic rings. The largest absolute Gasteiger partial charge is 0.356 e. The van der Waals surface area contributed by atoms with Crippen LogP contribution in [0, 0.1) is 6.92 Å². The van der Waals surface area contributed by atoms with Crippen LogP contribution in [0.15, 0.2) is 59.3 Å². The zero-order valence-electron chi connectivity index (χ0n) is 12.8. The van der Waals surface area contributed by atoms with Gasteiger partial charge in [-0.3, -0.25) is 4.79 Å². The van der Waals surface area contributed by atoms with Crippen molar-refractivity contribution in [1.82, 2.24) is 5.16 Å². The molecule has 0 fully saturated rings. The van der Waals surface area contributed by atoms with Gasteiger partial charge in [-0.05, 0) is 48.7 Å². The highest BCUT2D eigenvalue weighted by Crippen LogP contribution is 2.33. The number of aryl methyl sites for hydroxylation is 1. The Hall–Kier alpha value is -2.88. The van der Waals surface area contributed by atoms with Gasteiger partial charge >= 0.3 is 0 Å². The van der Waals surface area contributed by atoms with Gasteiger partial charge in [-0.15, -0.1) is 0 Å². The van der Waals surface area contributed by atoms with Crippen molar-refractivity contribution >= 4 is 11.6 Å². The molecule has 114 valence electrons. The average molecular weight is 304 g/mol. The van der Waals surface area contributed by atoms with Crippen molar-refractivity contribution in [1.29, 1.82) is 0 Å². The molecular weight excluding hydrogens is 288 g/mol. The minimum atomic E-state index is 0.0641. The highest BCUT2D eigenvalue weighted by atomic mass is 16.5. The van der Waals surface area contributed by atoms with E-state index in [4.69, 9.17) is 4.52 Å². The predicted octanol–water partition coefficient (Wildman–Crippen LogP) is 3.85. The first kappa shape index (κ1) is 13.8. The Kier molecular flexibility index (Phi) is 3.23. The lowest BCUT2D eigenvalue weighted by molar-refractivity contribution is 0.0989. The van der Waals surface area contributed by atoms with Crippen molar-refractivity contribution < 1.29 is 9.32 Å². The molecule has 0 atom stereocenters. The van der Waals surface area contributed by atoms with Gasteiger partial charge in [0, 0.05) is 29.4 Å². The number of benzene rings is 2. The molecule has 0 radical (unpaired) electrons. The van der Waals surface area contributed by atoms with Gasteiger partial charge < -0.3 is 9.42 Å². The van der Waals surface area contributed by atoms with Gasteiger partial charge in [0.1, 0.15) is 0 Å². The van der Waals surface area contributed by atoms with Gasteiger partial charge in [0.05, 0.1) is 6.20 Å². The quantitative estimate of drug-likeness (QED) is 0.722. The first-order valence-electron chi connectivity index (χ1n) is 7.65. The van der Waals surface area contributed by atoms with E-state index in [1.54, 1.807) is 6.20 Å². The van der Waals surface area contributed by atoms with Gasteiger partial charge in [0.25, 0.3) is 5.91 Å². The number of fused-ring (bicyclic) bond motifs is 1. The fraction of sp³-hybridized carbons (Fsp3) is 0.158. The van der Waals surface area contributed by atoms with Gasteiger partial charge in [-0.1, -0.05) is 23.4 Å². The summed E-state index contributed by atoms with van der Waals surface area (Å²) in [5, 5.41) is 3.75. The molecule has 0 saturated carbocycles. The third-order valence-corrected chi connectivity index (χ3v) is 4.32. The summed E-state index contributed by atoms with van der Waals surface area (Å²) in [4.78, 5) is 14.7. The zero-order chi connectivity index (χ0) is 15.8. The predicted molar refractivity (Wildman–Crippen MR) is 88.5 cm³/mol. The third kappa shape index (κ3) is 2.32. The standard InChI is InChI=1S/C19H16N2O2/c1-13-4-2-3-5-16(13)19(22)21-11-9-14-12-15(6-7-17(14)21)18-8-10-20-23-18/h2-8,10,12H,9,11H2,1H3. The Balaban J connectivity index is 1.68. The lowest BCUT2D eigenvalue weighted by Gasteiger charge is -2.18. The number of hydrogen-bond donors (Lipinski definition) is 0. The smallest absolute Gasteiger partial charge is 0.258 e. The van der Waals surface area contributed by atoms with E-state index in [2.05, 4.69) is 11.2 Å². The van der Waals surface area contributed by atoms with E-state index in [1.807, 2.05) is 54.3 Å². The van der Waals surface area contributed by atoms with Crippen molar-refractivity contribution in [2.75, 3.05) is 11.4 Å². The van der Waals surface area contributed by atoms with E-state index in [9.17, 15) is 4.79 Å². The van der Waals surface area contributed by atoms with Crippen molar-refractivity contribution in [2.45, 2.75) is 13.3 Å². The molecule has 4 nitrogen and oxygen atoms in total. The molecule has 1 amide bonds. The second-order valence-electron chi connectivity index (χ2n) is 5.74. The number of amides is 1. The van der Waals surface area contributed by atoms with Crippen LogP contribution in [0.5, 0.6) is 0 Å². The number of aromatic nitrogens is 1. The van der Waals surface area contributed by atoms with Crippen LogP contribution in [-0.2, 0) is 6.42 Å². The first-order chi connectivity index (χ1) is 11.2. The van der Waals surface area contributed by atoms with Crippen LogP contribution in [0.1, 0.15) is 21.5 Å². The van der Waals surface area contributed by atoms with Gasteiger partial charge in [0.15, 0.2) is 5.76 Å². The highest BCUT2D eigenvalue weighted by molar-refractivity contribution is 6.08. The minimum absolute atomic E-state index is 0.0641. The lowest BCUT2D eigenvalue weighted by atomic mass is 10.1. The van der Waals surface area contributed by atoms with Crippen LogP contribution in [-0.4, -0.2) is 17.6 Å². The summed E-state index contributed by atoms with van der Waals surface area (Å²) in [7, 11) is 0. The Morgan fingerprint density at radius 3 is 2.83 bits per heavy atom. The Morgan fingerprint density at radius 2 is 2.04 bits per heavy atom. The number of carbonyl (C=O) groups is 1.